The molecule has 0 atom stereocenters. The van der Waals surface area contributed by atoms with E-state index in [1.807, 2.05) is 38.4 Å². The number of H-pyrrole nitrogens is 1. The summed E-state index contributed by atoms with van der Waals surface area (Å²) >= 11 is 6.29. The van der Waals surface area contributed by atoms with E-state index < -0.39 is 0 Å². The van der Waals surface area contributed by atoms with E-state index >= 15 is 0 Å². The summed E-state index contributed by atoms with van der Waals surface area (Å²) in [5.74, 6) is 0. The van der Waals surface area contributed by atoms with E-state index in [0.29, 0.717) is 9.09 Å². The summed E-state index contributed by atoms with van der Waals surface area (Å²) in [7, 11) is 4.03. The Bertz CT molecular complexity index is 566. The lowest BCUT2D eigenvalue weighted by molar-refractivity contribution is 1.07. The standard InChI is InChI=1S/C11H12N4S2/c1-15(2)9-5-3-8(4-6-9)7-12-10-13-14-11(16)17-10/h3-7H,1-2H3,(H,14,16). The van der Waals surface area contributed by atoms with Crippen LogP contribution in [0.25, 0.3) is 0 Å². The van der Waals surface area contributed by atoms with E-state index in [9.17, 15) is 0 Å². The summed E-state index contributed by atoms with van der Waals surface area (Å²) in [5, 5.41) is 7.30. The molecule has 1 aromatic heterocycles. The van der Waals surface area contributed by atoms with Crippen LogP contribution >= 0.6 is 23.6 Å². The van der Waals surface area contributed by atoms with E-state index in [2.05, 4.69) is 20.1 Å². The molecule has 88 valence electrons. The molecular weight excluding hydrogens is 252 g/mol. The highest BCUT2D eigenvalue weighted by Gasteiger charge is 1.95. The fourth-order valence-corrected chi connectivity index (χ4v) is 1.99. The van der Waals surface area contributed by atoms with Crippen molar-refractivity contribution in [3.8, 4) is 0 Å². The van der Waals surface area contributed by atoms with E-state index in [4.69, 9.17) is 12.2 Å². The van der Waals surface area contributed by atoms with Crippen LogP contribution in [0.2, 0.25) is 0 Å². The number of aromatic amines is 1. The van der Waals surface area contributed by atoms with Crippen LogP contribution in [0, 0.1) is 3.95 Å². The third kappa shape index (κ3) is 3.21. The molecule has 17 heavy (non-hydrogen) atoms. The topological polar surface area (TPSA) is 44.3 Å². The zero-order valence-electron chi connectivity index (χ0n) is 9.54. The Morgan fingerprint density at radius 1 is 1.35 bits per heavy atom. The van der Waals surface area contributed by atoms with Crippen molar-refractivity contribution in [1.82, 2.24) is 10.2 Å². The lowest BCUT2D eigenvalue weighted by Crippen LogP contribution is -2.08. The van der Waals surface area contributed by atoms with Gasteiger partial charge in [0.15, 0.2) is 3.95 Å². The zero-order valence-corrected chi connectivity index (χ0v) is 11.2. The lowest BCUT2D eigenvalue weighted by Gasteiger charge is -2.11. The maximum atomic E-state index is 4.93. The molecule has 2 aromatic rings. The normalized spacial score (nSPS) is 10.9. The van der Waals surface area contributed by atoms with Crippen molar-refractivity contribution in [2.45, 2.75) is 0 Å². The Morgan fingerprint density at radius 3 is 2.59 bits per heavy atom. The van der Waals surface area contributed by atoms with Gasteiger partial charge in [-0.3, -0.25) is 5.10 Å². The van der Waals surface area contributed by atoms with E-state index in [1.165, 1.54) is 11.3 Å². The maximum Gasteiger partial charge on any atom is 0.230 e. The van der Waals surface area contributed by atoms with Crippen molar-refractivity contribution < 1.29 is 0 Å². The molecule has 0 fully saturated rings. The number of rotatable bonds is 3. The molecule has 4 nitrogen and oxygen atoms in total. The van der Waals surface area contributed by atoms with Gasteiger partial charge in [0, 0.05) is 26.0 Å². The third-order valence-electron chi connectivity index (χ3n) is 2.16. The van der Waals surface area contributed by atoms with Gasteiger partial charge in [0.05, 0.1) is 0 Å². The van der Waals surface area contributed by atoms with Gasteiger partial charge in [0.1, 0.15) is 0 Å². The van der Waals surface area contributed by atoms with E-state index in [0.717, 1.165) is 11.3 Å². The molecule has 0 radical (unpaired) electrons. The highest BCUT2D eigenvalue weighted by molar-refractivity contribution is 7.73. The van der Waals surface area contributed by atoms with Gasteiger partial charge in [0.25, 0.3) is 0 Å². The monoisotopic (exact) mass is 264 g/mol. The number of benzene rings is 1. The van der Waals surface area contributed by atoms with Crippen LogP contribution in [0.4, 0.5) is 10.8 Å². The number of hydrogen-bond acceptors (Lipinski definition) is 5. The lowest BCUT2D eigenvalue weighted by atomic mass is 10.2. The minimum absolute atomic E-state index is 0.639. The number of nitrogens with one attached hydrogen (secondary N) is 1. The van der Waals surface area contributed by atoms with Crippen LogP contribution in [0.1, 0.15) is 5.56 Å². The Labute approximate surface area is 109 Å². The van der Waals surface area contributed by atoms with Crippen molar-refractivity contribution in [2.24, 2.45) is 4.99 Å². The molecular formula is C11H12N4S2. The van der Waals surface area contributed by atoms with Gasteiger partial charge >= 0.3 is 0 Å². The molecule has 1 N–H and O–H groups in total. The van der Waals surface area contributed by atoms with Crippen LogP contribution in [-0.2, 0) is 0 Å². The minimum Gasteiger partial charge on any atom is -0.378 e. The molecule has 1 aromatic carbocycles. The molecule has 1 heterocycles. The zero-order chi connectivity index (χ0) is 12.3. The molecule has 0 bridgehead atoms. The Balaban J connectivity index is 2.13. The first-order chi connectivity index (χ1) is 8.15. The van der Waals surface area contributed by atoms with Crippen LogP contribution in [0.3, 0.4) is 0 Å². The number of aliphatic imine (C=N–C) groups is 1. The van der Waals surface area contributed by atoms with Crippen molar-refractivity contribution in [1.29, 1.82) is 0 Å². The third-order valence-corrected chi connectivity index (χ3v) is 3.16. The highest BCUT2D eigenvalue weighted by atomic mass is 32.1. The van der Waals surface area contributed by atoms with Crippen molar-refractivity contribution in [3.63, 3.8) is 0 Å². The molecule has 0 unspecified atom stereocenters. The van der Waals surface area contributed by atoms with Gasteiger partial charge < -0.3 is 4.90 Å². The quantitative estimate of drug-likeness (QED) is 0.684. The Morgan fingerprint density at radius 2 is 2.06 bits per heavy atom. The van der Waals surface area contributed by atoms with Crippen LogP contribution < -0.4 is 4.90 Å². The number of aromatic nitrogens is 2. The summed E-state index contributed by atoms with van der Waals surface area (Å²) < 4.78 is 0.639. The first kappa shape index (κ1) is 11.9. The van der Waals surface area contributed by atoms with Crippen molar-refractivity contribution in [3.05, 3.63) is 33.8 Å². The van der Waals surface area contributed by atoms with Gasteiger partial charge in [-0.15, -0.1) is 5.10 Å². The van der Waals surface area contributed by atoms with E-state index in [1.54, 1.807) is 6.21 Å². The van der Waals surface area contributed by atoms with Gasteiger partial charge in [-0.2, -0.15) is 0 Å². The fourth-order valence-electron chi connectivity index (χ4n) is 1.27. The molecule has 0 spiro atoms. The summed E-state index contributed by atoms with van der Waals surface area (Å²) in [4.78, 5) is 6.30. The SMILES string of the molecule is CN(C)c1ccc(C=Nc2n[nH]c(=S)s2)cc1. The number of nitrogens with zero attached hydrogens (tertiary/aromatic N) is 3. The van der Waals surface area contributed by atoms with Crippen LogP contribution in [-0.4, -0.2) is 30.5 Å². The van der Waals surface area contributed by atoms with Crippen molar-refractivity contribution in [2.75, 3.05) is 19.0 Å². The van der Waals surface area contributed by atoms with Crippen LogP contribution in [0.5, 0.6) is 0 Å². The second kappa shape index (κ2) is 5.20. The van der Waals surface area contributed by atoms with E-state index in [-0.39, 0.29) is 0 Å². The number of anilines is 1. The predicted octanol–water partition coefficient (Wildman–Crippen LogP) is 3.02. The van der Waals surface area contributed by atoms with Crippen LogP contribution in [0.15, 0.2) is 29.3 Å². The fraction of sp³-hybridized carbons (Fsp3) is 0.182. The van der Waals surface area contributed by atoms with Gasteiger partial charge in [0.2, 0.25) is 5.13 Å². The first-order valence-corrected chi connectivity index (χ1v) is 6.24. The smallest absolute Gasteiger partial charge is 0.230 e. The summed E-state index contributed by atoms with van der Waals surface area (Å²) in [6.45, 7) is 0. The second-order valence-electron chi connectivity index (χ2n) is 3.64. The first-order valence-electron chi connectivity index (χ1n) is 5.02. The van der Waals surface area contributed by atoms with Gasteiger partial charge in [-0.1, -0.05) is 23.5 Å². The van der Waals surface area contributed by atoms with Crippen molar-refractivity contribution >= 4 is 40.6 Å². The molecule has 0 saturated heterocycles. The highest BCUT2D eigenvalue weighted by Crippen LogP contribution is 2.15. The molecule has 0 aliphatic heterocycles. The summed E-state index contributed by atoms with van der Waals surface area (Å²) in [6, 6.07) is 8.14. The largest absolute Gasteiger partial charge is 0.378 e. The molecule has 6 heteroatoms. The predicted molar refractivity (Wildman–Crippen MR) is 75.3 cm³/mol. The molecule has 0 aliphatic carbocycles. The number of hydrogen-bond donors (Lipinski definition) is 1. The molecule has 2 rings (SSSR count). The summed E-state index contributed by atoms with van der Waals surface area (Å²) in [5.41, 5.74) is 2.20. The molecule has 0 aliphatic rings. The Kier molecular flexibility index (Phi) is 3.65. The Hall–Kier alpha value is -1.53. The van der Waals surface area contributed by atoms with Gasteiger partial charge in [-0.05, 0) is 29.9 Å². The summed E-state index contributed by atoms with van der Waals surface area (Å²) in [6.07, 6.45) is 1.78. The average molecular weight is 264 g/mol. The van der Waals surface area contributed by atoms with Gasteiger partial charge in [-0.25, -0.2) is 4.99 Å². The average Bonchev–Trinajstić information content (AvgIpc) is 2.73. The maximum absolute atomic E-state index is 4.93. The minimum atomic E-state index is 0.639. The molecule has 0 amide bonds. The second-order valence-corrected chi connectivity index (χ2v) is 5.28. The molecule has 0 saturated carbocycles.